The van der Waals surface area contributed by atoms with E-state index in [0.29, 0.717) is 31.9 Å². The zero-order valence-electron chi connectivity index (χ0n) is 11.7. The van der Waals surface area contributed by atoms with E-state index >= 15 is 0 Å². The lowest BCUT2D eigenvalue weighted by atomic mass is 10.2. The maximum atomic E-state index is 12.9. The summed E-state index contributed by atoms with van der Waals surface area (Å²) in [5.41, 5.74) is 1.25. The number of benzene rings is 1. The highest BCUT2D eigenvalue weighted by Gasteiger charge is 2.23. The molecule has 2 aromatic rings. The second-order valence-corrected chi connectivity index (χ2v) is 5.38. The Balaban J connectivity index is 1.62. The summed E-state index contributed by atoms with van der Waals surface area (Å²) in [7, 11) is 0. The Morgan fingerprint density at radius 3 is 2.27 bits per heavy atom. The van der Waals surface area contributed by atoms with Crippen molar-refractivity contribution in [3.8, 4) is 0 Å². The third-order valence-electron chi connectivity index (χ3n) is 3.61. The Labute approximate surface area is 132 Å². The molecule has 1 amide bonds. The lowest BCUT2D eigenvalue weighted by Gasteiger charge is -2.35. The van der Waals surface area contributed by atoms with Gasteiger partial charge in [-0.15, -0.1) is 10.2 Å². The van der Waals surface area contributed by atoms with E-state index in [0.717, 1.165) is 5.69 Å². The van der Waals surface area contributed by atoms with Gasteiger partial charge in [-0.25, -0.2) is 4.39 Å². The highest BCUT2D eigenvalue weighted by atomic mass is 35.5. The summed E-state index contributed by atoms with van der Waals surface area (Å²) in [4.78, 5) is 16.2. The molecule has 7 heteroatoms. The van der Waals surface area contributed by atoms with Crippen LogP contribution in [0.4, 0.5) is 10.1 Å². The molecule has 1 aromatic heterocycles. The third kappa shape index (κ3) is 3.17. The molecule has 1 aliphatic rings. The fourth-order valence-corrected chi connectivity index (χ4v) is 2.51. The molecule has 1 aromatic carbocycles. The summed E-state index contributed by atoms with van der Waals surface area (Å²) in [5.74, 6) is -0.401. The van der Waals surface area contributed by atoms with Crippen molar-refractivity contribution >= 4 is 23.2 Å². The maximum absolute atomic E-state index is 12.9. The Bertz CT molecular complexity index is 654. The molecule has 0 aliphatic carbocycles. The molecule has 0 N–H and O–H groups in total. The number of hydrogen-bond donors (Lipinski definition) is 0. The normalized spacial score (nSPS) is 15.0. The van der Waals surface area contributed by atoms with Crippen LogP contribution in [0.15, 0.2) is 36.4 Å². The number of rotatable bonds is 2. The molecule has 1 saturated heterocycles. The van der Waals surface area contributed by atoms with Crippen molar-refractivity contribution in [2.24, 2.45) is 0 Å². The topological polar surface area (TPSA) is 49.3 Å². The molecule has 114 valence electrons. The van der Waals surface area contributed by atoms with Gasteiger partial charge in [0.15, 0.2) is 10.8 Å². The number of nitrogens with zero attached hydrogens (tertiary/aromatic N) is 4. The Morgan fingerprint density at radius 2 is 1.68 bits per heavy atom. The van der Waals surface area contributed by atoms with Crippen molar-refractivity contribution in [1.82, 2.24) is 15.1 Å². The van der Waals surface area contributed by atoms with E-state index in [-0.39, 0.29) is 16.9 Å². The van der Waals surface area contributed by atoms with Crippen molar-refractivity contribution < 1.29 is 9.18 Å². The second-order valence-electron chi connectivity index (χ2n) is 5.00. The number of aromatic nitrogens is 2. The third-order valence-corrected chi connectivity index (χ3v) is 3.81. The molecule has 0 atom stereocenters. The number of anilines is 1. The molecule has 22 heavy (non-hydrogen) atoms. The molecule has 0 spiro atoms. The van der Waals surface area contributed by atoms with Crippen LogP contribution in [-0.2, 0) is 0 Å². The number of halogens is 2. The molecule has 0 saturated carbocycles. The summed E-state index contributed by atoms with van der Waals surface area (Å²) in [6.07, 6.45) is 0. The number of amides is 1. The first-order chi connectivity index (χ1) is 10.6. The predicted octanol–water partition coefficient (Wildman–Crippen LogP) is 2.23. The number of piperazine rings is 1. The summed E-state index contributed by atoms with van der Waals surface area (Å²) in [6.45, 7) is 2.55. The zero-order valence-corrected chi connectivity index (χ0v) is 12.5. The van der Waals surface area contributed by atoms with Crippen LogP contribution >= 0.6 is 11.6 Å². The largest absolute Gasteiger partial charge is 0.368 e. The summed E-state index contributed by atoms with van der Waals surface area (Å²) in [6, 6.07) is 9.50. The number of hydrogen-bond acceptors (Lipinski definition) is 4. The molecule has 5 nitrogen and oxygen atoms in total. The highest BCUT2D eigenvalue weighted by Crippen LogP contribution is 2.17. The molecule has 0 bridgehead atoms. The summed E-state index contributed by atoms with van der Waals surface area (Å²) in [5, 5.41) is 7.76. The van der Waals surface area contributed by atoms with E-state index in [2.05, 4.69) is 15.1 Å². The van der Waals surface area contributed by atoms with Gasteiger partial charge in [-0.1, -0.05) is 11.6 Å². The fourth-order valence-electron chi connectivity index (χ4n) is 2.41. The molecular weight excluding hydrogens is 307 g/mol. The molecule has 2 heterocycles. The van der Waals surface area contributed by atoms with E-state index in [9.17, 15) is 9.18 Å². The van der Waals surface area contributed by atoms with Gasteiger partial charge in [0.25, 0.3) is 5.91 Å². The average Bonchev–Trinajstić information content (AvgIpc) is 2.56. The number of carbonyl (C=O) groups is 1. The second kappa shape index (κ2) is 6.27. The van der Waals surface area contributed by atoms with E-state index in [4.69, 9.17) is 11.6 Å². The quantitative estimate of drug-likeness (QED) is 0.851. The van der Waals surface area contributed by atoms with E-state index in [1.807, 2.05) is 0 Å². The molecule has 3 rings (SSSR count). The first-order valence-electron chi connectivity index (χ1n) is 6.92. The predicted molar refractivity (Wildman–Crippen MR) is 81.6 cm³/mol. The standard InChI is InChI=1S/C15H14ClFN4O/c16-14-6-5-13(18-19-14)15(22)21-9-7-20(8-10-21)12-3-1-11(17)2-4-12/h1-6H,7-10H2. The number of carbonyl (C=O) groups excluding carboxylic acids is 1. The van der Waals surface area contributed by atoms with Gasteiger partial charge >= 0.3 is 0 Å². The fraction of sp³-hybridized carbons (Fsp3) is 0.267. The van der Waals surface area contributed by atoms with E-state index < -0.39 is 0 Å². The van der Waals surface area contributed by atoms with Crippen LogP contribution in [0.2, 0.25) is 5.15 Å². The van der Waals surface area contributed by atoms with Gasteiger partial charge < -0.3 is 9.80 Å². The first kappa shape index (κ1) is 14.7. The van der Waals surface area contributed by atoms with Crippen LogP contribution in [0.1, 0.15) is 10.5 Å². The molecule has 1 aliphatic heterocycles. The van der Waals surface area contributed by atoms with Crippen LogP contribution < -0.4 is 4.90 Å². The molecular formula is C15H14ClFN4O. The maximum Gasteiger partial charge on any atom is 0.274 e. The monoisotopic (exact) mass is 320 g/mol. The minimum atomic E-state index is -0.251. The van der Waals surface area contributed by atoms with Gasteiger partial charge in [0.1, 0.15) is 5.82 Å². The SMILES string of the molecule is O=C(c1ccc(Cl)nn1)N1CCN(c2ccc(F)cc2)CC1. The van der Waals surface area contributed by atoms with E-state index in [1.54, 1.807) is 29.2 Å². The zero-order chi connectivity index (χ0) is 15.5. The minimum absolute atomic E-state index is 0.150. The van der Waals surface area contributed by atoms with Crippen molar-refractivity contribution in [2.45, 2.75) is 0 Å². The Morgan fingerprint density at radius 1 is 1.00 bits per heavy atom. The van der Waals surface area contributed by atoms with Gasteiger partial charge in [-0.05, 0) is 36.4 Å². The van der Waals surface area contributed by atoms with Gasteiger partial charge in [0, 0.05) is 31.9 Å². The van der Waals surface area contributed by atoms with E-state index in [1.165, 1.54) is 12.1 Å². The van der Waals surface area contributed by atoms with Crippen LogP contribution in [0, 0.1) is 5.82 Å². The lowest BCUT2D eigenvalue weighted by Crippen LogP contribution is -2.49. The summed E-state index contributed by atoms with van der Waals surface area (Å²) >= 11 is 5.67. The minimum Gasteiger partial charge on any atom is -0.368 e. The Kier molecular flexibility index (Phi) is 4.20. The van der Waals surface area contributed by atoms with Gasteiger partial charge in [0.2, 0.25) is 0 Å². The van der Waals surface area contributed by atoms with Crippen LogP contribution in [-0.4, -0.2) is 47.2 Å². The van der Waals surface area contributed by atoms with Gasteiger partial charge in [-0.3, -0.25) is 4.79 Å². The highest BCUT2D eigenvalue weighted by molar-refractivity contribution is 6.29. The average molecular weight is 321 g/mol. The smallest absolute Gasteiger partial charge is 0.274 e. The van der Waals surface area contributed by atoms with Gasteiger partial charge in [-0.2, -0.15) is 0 Å². The van der Waals surface area contributed by atoms with Crippen molar-refractivity contribution in [3.63, 3.8) is 0 Å². The van der Waals surface area contributed by atoms with Crippen LogP contribution in [0.3, 0.4) is 0 Å². The lowest BCUT2D eigenvalue weighted by molar-refractivity contribution is 0.0739. The van der Waals surface area contributed by atoms with Crippen molar-refractivity contribution in [3.05, 3.63) is 53.1 Å². The first-order valence-corrected chi connectivity index (χ1v) is 7.30. The van der Waals surface area contributed by atoms with Crippen LogP contribution in [0.25, 0.3) is 0 Å². The summed E-state index contributed by atoms with van der Waals surface area (Å²) < 4.78 is 12.9. The molecule has 1 fully saturated rings. The molecule has 0 radical (unpaired) electrons. The van der Waals surface area contributed by atoms with Gasteiger partial charge in [0.05, 0.1) is 0 Å². The molecule has 0 unspecified atom stereocenters. The Hall–Kier alpha value is -2.21. The van der Waals surface area contributed by atoms with Crippen molar-refractivity contribution in [1.29, 1.82) is 0 Å². The van der Waals surface area contributed by atoms with Crippen molar-refractivity contribution in [2.75, 3.05) is 31.1 Å². The van der Waals surface area contributed by atoms with Crippen LogP contribution in [0.5, 0.6) is 0 Å².